The van der Waals surface area contributed by atoms with Crippen molar-refractivity contribution in [1.82, 2.24) is 4.98 Å². The molecule has 1 heterocycles. The molecule has 0 spiro atoms. The van der Waals surface area contributed by atoms with E-state index in [0.717, 1.165) is 28.5 Å². The first-order valence-electron chi connectivity index (χ1n) is 6.54. The molecule has 1 aromatic heterocycles. The summed E-state index contributed by atoms with van der Waals surface area (Å²) in [4.78, 5) is 8.09. The average Bonchev–Trinajstić information content (AvgIpc) is 3.10. The Morgan fingerprint density at radius 2 is 2.06 bits per heavy atom. The van der Waals surface area contributed by atoms with Crippen LogP contribution in [0.2, 0.25) is 0 Å². The zero-order chi connectivity index (χ0) is 12.4. The maximum Gasteiger partial charge on any atom is 0.185 e. The van der Waals surface area contributed by atoms with E-state index in [-0.39, 0.29) is 6.61 Å². The van der Waals surface area contributed by atoms with Crippen LogP contribution in [0, 0.1) is 0 Å². The Balaban J connectivity index is 2.20. The third-order valence-corrected chi connectivity index (χ3v) is 4.76. The lowest BCUT2D eigenvalue weighted by Gasteiger charge is -2.25. The number of aromatic nitrogens is 1. The molecule has 0 aromatic carbocycles. The van der Waals surface area contributed by atoms with Gasteiger partial charge in [-0.05, 0) is 25.7 Å². The molecule has 17 heavy (non-hydrogen) atoms. The van der Waals surface area contributed by atoms with Gasteiger partial charge in [0.15, 0.2) is 5.13 Å². The second-order valence-corrected chi connectivity index (χ2v) is 5.88. The summed E-state index contributed by atoms with van der Waals surface area (Å²) in [6, 6.07) is 0.555. The number of anilines is 1. The van der Waals surface area contributed by atoms with Crippen LogP contribution in [0.15, 0.2) is 0 Å². The maximum absolute atomic E-state index is 9.40. The molecule has 96 valence electrons. The largest absolute Gasteiger partial charge is 0.391 e. The van der Waals surface area contributed by atoms with E-state index >= 15 is 0 Å². The van der Waals surface area contributed by atoms with Gasteiger partial charge >= 0.3 is 0 Å². The van der Waals surface area contributed by atoms with E-state index in [1.165, 1.54) is 12.8 Å². The summed E-state index contributed by atoms with van der Waals surface area (Å²) in [6.45, 7) is 4.57. The second kappa shape index (κ2) is 5.36. The number of thiazole rings is 1. The lowest BCUT2D eigenvalue weighted by molar-refractivity contribution is 0.284. The van der Waals surface area contributed by atoms with E-state index in [1.54, 1.807) is 11.3 Å². The topological polar surface area (TPSA) is 36.4 Å². The molecular formula is C13H22N2OS. The van der Waals surface area contributed by atoms with Gasteiger partial charge < -0.3 is 10.0 Å². The molecule has 0 atom stereocenters. The van der Waals surface area contributed by atoms with E-state index in [2.05, 4.69) is 25.8 Å². The molecular weight excluding hydrogens is 232 g/mol. The SMILES string of the molecule is CCC(CC)N(C)c1nc(C2CC2)c(CO)s1. The van der Waals surface area contributed by atoms with Gasteiger partial charge in [-0.15, -0.1) is 0 Å². The summed E-state index contributed by atoms with van der Waals surface area (Å²) in [5.74, 6) is 0.622. The Kier molecular flexibility index (Phi) is 4.05. The summed E-state index contributed by atoms with van der Waals surface area (Å²) in [5.41, 5.74) is 1.16. The highest BCUT2D eigenvalue weighted by atomic mass is 32.1. The second-order valence-electron chi connectivity index (χ2n) is 4.82. The summed E-state index contributed by atoms with van der Waals surface area (Å²) in [7, 11) is 2.12. The zero-order valence-electron chi connectivity index (χ0n) is 10.9. The third kappa shape index (κ3) is 2.63. The Labute approximate surface area is 107 Å². The molecule has 0 radical (unpaired) electrons. The number of aliphatic hydroxyl groups excluding tert-OH is 1. The number of rotatable bonds is 6. The zero-order valence-corrected chi connectivity index (χ0v) is 11.8. The Morgan fingerprint density at radius 1 is 1.41 bits per heavy atom. The van der Waals surface area contributed by atoms with Gasteiger partial charge in [-0.2, -0.15) is 0 Å². The number of hydrogen-bond donors (Lipinski definition) is 1. The van der Waals surface area contributed by atoms with Gasteiger partial charge in [-0.3, -0.25) is 0 Å². The third-order valence-electron chi connectivity index (χ3n) is 3.62. The van der Waals surface area contributed by atoms with Crippen LogP contribution in [0.4, 0.5) is 5.13 Å². The lowest BCUT2D eigenvalue weighted by Crippen LogP contribution is -2.30. The first kappa shape index (κ1) is 12.8. The van der Waals surface area contributed by atoms with Crippen molar-refractivity contribution in [3.8, 4) is 0 Å². The summed E-state index contributed by atoms with van der Waals surface area (Å²) in [6.07, 6.45) is 4.76. The quantitative estimate of drug-likeness (QED) is 0.847. The molecule has 0 bridgehead atoms. The minimum atomic E-state index is 0.139. The Morgan fingerprint density at radius 3 is 2.53 bits per heavy atom. The highest BCUT2D eigenvalue weighted by Crippen LogP contribution is 2.44. The predicted molar refractivity (Wildman–Crippen MR) is 72.8 cm³/mol. The van der Waals surface area contributed by atoms with Crippen LogP contribution in [0.25, 0.3) is 0 Å². The van der Waals surface area contributed by atoms with Crippen molar-refractivity contribution < 1.29 is 5.11 Å². The van der Waals surface area contributed by atoms with Crippen molar-refractivity contribution in [1.29, 1.82) is 0 Å². The normalized spacial score (nSPS) is 15.6. The fourth-order valence-electron chi connectivity index (χ4n) is 2.28. The highest BCUT2D eigenvalue weighted by Gasteiger charge is 2.30. The fourth-order valence-corrected chi connectivity index (χ4v) is 3.32. The van der Waals surface area contributed by atoms with Crippen molar-refractivity contribution in [3.05, 3.63) is 10.6 Å². The number of nitrogens with zero attached hydrogens (tertiary/aromatic N) is 2. The lowest BCUT2D eigenvalue weighted by atomic mass is 10.1. The van der Waals surface area contributed by atoms with Crippen molar-refractivity contribution in [3.63, 3.8) is 0 Å². The van der Waals surface area contributed by atoms with E-state index in [9.17, 15) is 5.11 Å². The van der Waals surface area contributed by atoms with Crippen molar-refractivity contribution in [2.45, 2.75) is 58.1 Å². The molecule has 0 saturated heterocycles. The van der Waals surface area contributed by atoms with Crippen LogP contribution in [-0.4, -0.2) is 23.2 Å². The molecule has 1 N–H and O–H groups in total. The van der Waals surface area contributed by atoms with Crippen LogP contribution in [0.5, 0.6) is 0 Å². The first-order valence-corrected chi connectivity index (χ1v) is 7.36. The van der Waals surface area contributed by atoms with Crippen LogP contribution in [0.3, 0.4) is 0 Å². The molecule has 0 amide bonds. The van der Waals surface area contributed by atoms with E-state index in [0.29, 0.717) is 12.0 Å². The molecule has 1 aromatic rings. The van der Waals surface area contributed by atoms with Crippen LogP contribution in [-0.2, 0) is 6.61 Å². The molecule has 1 fully saturated rings. The monoisotopic (exact) mass is 254 g/mol. The smallest absolute Gasteiger partial charge is 0.185 e. The molecule has 1 aliphatic carbocycles. The van der Waals surface area contributed by atoms with Crippen molar-refractivity contribution in [2.75, 3.05) is 11.9 Å². The van der Waals surface area contributed by atoms with Crippen LogP contribution in [0.1, 0.15) is 56.0 Å². The number of hydrogen-bond acceptors (Lipinski definition) is 4. The standard InChI is InChI=1S/C13H22N2OS/c1-4-10(5-2)15(3)13-14-12(9-6-7-9)11(8-16)17-13/h9-10,16H,4-8H2,1-3H3. The summed E-state index contributed by atoms with van der Waals surface area (Å²) in [5, 5.41) is 10.5. The molecule has 3 nitrogen and oxygen atoms in total. The minimum absolute atomic E-state index is 0.139. The molecule has 0 aliphatic heterocycles. The van der Waals surface area contributed by atoms with Crippen molar-refractivity contribution in [2.24, 2.45) is 0 Å². The molecule has 1 aliphatic rings. The Bertz CT molecular complexity index is 369. The first-order chi connectivity index (χ1) is 8.21. The molecule has 2 rings (SSSR count). The molecule has 1 saturated carbocycles. The van der Waals surface area contributed by atoms with Gasteiger partial charge in [-0.25, -0.2) is 4.98 Å². The van der Waals surface area contributed by atoms with Gasteiger partial charge in [0.25, 0.3) is 0 Å². The highest BCUT2D eigenvalue weighted by molar-refractivity contribution is 7.15. The summed E-state index contributed by atoms with van der Waals surface area (Å²) < 4.78 is 0. The van der Waals surface area contributed by atoms with Gasteiger partial charge in [0.2, 0.25) is 0 Å². The van der Waals surface area contributed by atoms with Crippen LogP contribution < -0.4 is 4.90 Å². The minimum Gasteiger partial charge on any atom is -0.391 e. The Hall–Kier alpha value is -0.610. The van der Waals surface area contributed by atoms with E-state index in [1.807, 2.05) is 0 Å². The molecule has 0 unspecified atom stereocenters. The van der Waals surface area contributed by atoms with Gasteiger partial charge in [0.1, 0.15) is 0 Å². The van der Waals surface area contributed by atoms with Crippen LogP contribution >= 0.6 is 11.3 Å². The fraction of sp³-hybridized carbons (Fsp3) is 0.769. The van der Waals surface area contributed by atoms with Gasteiger partial charge in [0, 0.05) is 19.0 Å². The van der Waals surface area contributed by atoms with Crippen molar-refractivity contribution >= 4 is 16.5 Å². The van der Waals surface area contributed by atoms with E-state index in [4.69, 9.17) is 4.98 Å². The molecule has 4 heteroatoms. The van der Waals surface area contributed by atoms with Gasteiger partial charge in [-0.1, -0.05) is 25.2 Å². The van der Waals surface area contributed by atoms with Gasteiger partial charge in [0.05, 0.1) is 17.2 Å². The average molecular weight is 254 g/mol. The maximum atomic E-state index is 9.40. The van der Waals surface area contributed by atoms with E-state index < -0.39 is 0 Å². The number of aliphatic hydroxyl groups is 1. The predicted octanol–water partition coefficient (Wildman–Crippen LogP) is 3.14. The summed E-state index contributed by atoms with van der Waals surface area (Å²) >= 11 is 1.66.